The average Bonchev–Trinajstić information content (AvgIpc) is 3.04. The highest BCUT2D eigenvalue weighted by Gasteiger charge is 2.22. The first-order valence-corrected chi connectivity index (χ1v) is 15.3. The van der Waals surface area contributed by atoms with E-state index < -0.39 is 12.0 Å². The van der Waals surface area contributed by atoms with E-state index in [1.807, 2.05) is 66.7 Å². The lowest BCUT2D eigenvalue weighted by atomic mass is 9.79. The lowest BCUT2D eigenvalue weighted by molar-refractivity contribution is -0.384. The zero-order chi connectivity index (χ0) is 31.8. The van der Waals surface area contributed by atoms with Gasteiger partial charge < -0.3 is 10.0 Å². The summed E-state index contributed by atoms with van der Waals surface area (Å²) in [5, 5.41) is 43.4. The van der Waals surface area contributed by atoms with Crippen LogP contribution in [0.5, 0.6) is 0 Å². The van der Waals surface area contributed by atoms with Gasteiger partial charge in [0.15, 0.2) is 0 Å². The molecule has 220 valence electrons. The fourth-order valence-electron chi connectivity index (χ4n) is 4.46. The molecular weight excluding hydrogens is 759 g/mol. The second kappa shape index (κ2) is 15.2. The SMILES string of the molecule is Brc1ccc(Br)c2ccccc12.O=[N+]([O-])c1ccccc1-c1ccc(Br)c2ccccc12.O=[N+]([O-])c1ccccc1B(O)O. The highest BCUT2D eigenvalue weighted by atomic mass is 79.9. The lowest BCUT2D eigenvalue weighted by Gasteiger charge is -2.09. The van der Waals surface area contributed by atoms with Gasteiger partial charge >= 0.3 is 7.12 Å². The Hall–Kier alpha value is -3.94. The summed E-state index contributed by atoms with van der Waals surface area (Å²) in [4.78, 5) is 20.5. The summed E-state index contributed by atoms with van der Waals surface area (Å²) in [6.45, 7) is 0. The predicted octanol–water partition coefficient (Wildman–Crippen LogP) is 8.82. The van der Waals surface area contributed by atoms with Crippen LogP contribution < -0.4 is 5.46 Å². The Morgan fingerprint density at radius 3 is 1.34 bits per heavy atom. The van der Waals surface area contributed by atoms with Gasteiger partial charge in [-0.2, -0.15) is 0 Å². The molecule has 0 saturated carbocycles. The third-order valence-corrected chi connectivity index (χ3v) is 8.57. The van der Waals surface area contributed by atoms with Crippen LogP contribution in [0.15, 0.2) is 135 Å². The Kier molecular flexibility index (Phi) is 11.4. The topological polar surface area (TPSA) is 127 Å². The number of nitro benzene ring substituents is 2. The zero-order valence-electron chi connectivity index (χ0n) is 22.7. The van der Waals surface area contributed by atoms with Gasteiger partial charge in [0.2, 0.25) is 0 Å². The number of nitro groups is 2. The van der Waals surface area contributed by atoms with Crippen molar-refractivity contribution in [1.82, 2.24) is 0 Å². The first-order chi connectivity index (χ1) is 21.1. The van der Waals surface area contributed by atoms with E-state index in [1.54, 1.807) is 12.1 Å². The van der Waals surface area contributed by atoms with Crippen molar-refractivity contribution in [2.45, 2.75) is 0 Å². The highest BCUT2D eigenvalue weighted by Crippen LogP contribution is 2.37. The lowest BCUT2D eigenvalue weighted by Crippen LogP contribution is -2.31. The maximum absolute atomic E-state index is 11.2. The molecule has 8 nitrogen and oxygen atoms in total. The maximum Gasteiger partial charge on any atom is 0.495 e. The van der Waals surface area contributed by atoms with Crippen molar-refractivity contribution < 1.29 is 19.9 Å². The van der Waals surface area contributed by atoms with Crippen LogP contribution >= 0.6 is 47.8 Å². The number of hydrogen-bond donors (Lipinski definition) is 2. The molecule has 6 rings (SSSR count). The summed E-state index contributed by atoms with van der Waals surface area (Å²) in [6.07, 6.45) is 0. The van der Waals surface area contributed by atoms with Crippen LogP contribution in [0.2, 0.25) is 0 Å². The minimum atomic E-state index is -1.80. The molecule has 0 amide bonds. The van der Waals surface area contributed by atoms with Crippen LogP contribution in [0.1, 0.15) is 0 Å². The number of fused-ring (bicyclic) bond motifs is 2. The third-order valence-electron chi connectivity index (χ3n) is 6.49. The number of benzene rings is 6. The van der Waals surface area contributed by atoms with Crippen molar-refractivity contribution in [3.05, 3.63) is 155 Å². The van der Waals surface area contributed by atoms with Crippen LogP contribution in [0.4, 0.5) is 11.4 Å². The average molecular weight is 781 g/mol. The van der Waals surface area contributed by atoms with E-state index in [4.69, 9.17) is 10.0 Å². The van der Waals surface area contributed by atoms with Gasteiger partial charge in [-0.05, 0) is 51.4 Å². The third kappa shape index (κ3) is 7.76. The van der Waals surface area contributed by atoms with E-state index in [-0.39, 0.29) is 21.8 Å². The predicted molar refractivity (Wildman–Crippen MR) is 186 cm³/mol. The molecule has 0 aromatic heterocycles. The van der Waals surface area contributed by atoms with Crippen molar-refractivity contribution in [3.63, 3.8) is 0 Å². The highest BCUT2D eigenvalue weighted by molar-refractivity contribution is 9.11. The van der Waals surface area contributed by atoms with E-state index >= 15 is 0 Å². The van der Waals surface area contributed by atoms with Gasteiger partial charge in [0.05, 0.1) is 20.9 Å². The van der Waals surface area contributed by atoms with Crippen molar-refractivity contribution in [3.8, 4) is 11.1 Å². The Bertz CT molecular complexity index is 1930. The van der Waals surface area contributed by atoms with E-state index in [0.29, 0.717) is 5.56 Å². The maximum atomic E-state index is 11.2. The molecule has 0 fully saturated rings. The molecule has 0 heterocycles. The summed E-state index contributed by atoms with van der Waals surface area (Å²) >= 11 is 10.5. The molecule has 6 aromatic carbocycles. The Balaban J connectivity index is 0.000000160. The Morgan fingerprint density at radius 1 is 0.477 bits per heavy atom. The van der Waals surface area contributed by atoms with Crippen LogP contribution in [-0.4, -0.2) is 27.0 Å². The largest absolute Gasteiger partial charge is 0.495 e. The van der Waals surface area contributed by atoms with Gasteiger partial charge in [-0.3, -0.25) is 20.2 Å². The van der Waals surface area contributed by atoms with Gasteiger partial charge in [-0.1, -0.05) is 133 Å². The molecule has 44 heavy (non-hydrogen) atoms. The van der Waals surface area contributed by atoms with Gasteiger partial charge in [-0.25, -0.2) is 0 Å². The Morgan fingerprint density at radius 2 is 0.864 bits per heavy atom. The van der Waals surface area contributed by atoms with Crippen molar-refractivity contribution in [2.24, 2.45) is 0 Å². The molecule has 0 aliphatic rings. The second-order valence-corrected chi connectivity index (χ2v) is 11.7. The summed E-state index contributed by atoms with van der Waals surface area (Å²) in [6, 6.07) is 36.4. The number of rotatable bonds is 4. The molecule has 0 aliphatic heterocycles. The molecular formula is C32H22BBr3N2O6. The fourth-order valence-corrected chi connectivity index (χ4v) is 5.89. The molecule has 0 bridgehead atoms. The fraction of sp³-hybridized carbons (Fsp3) is 0. The van der Waals surface area contributed by atoms with E-state index in [2.05, 4.69) is 59.9 Å². The van der Waals surface area contributed by atoms with Gasteiger partial charge in [0, 0.05) is 25.6 Å². The minimum Gasteiger partial charge on any atom is -0.423 e. The van der Waals surface area contributed by atoms with Crippen molar-refractivity contribution >= 4 is 93.3 Å². The smallest absolute Gasteiger partial charge is 0.423 e. The zero-order valence-corrected chi connectivity index (χ0v) is 27.4. The standard InChI is InChI=1S/C16H10BrNO2.C10H6Br2.C6H6BNO4/c17-15-10-9-12(11-5-1-2-6-13(11)15)14-7-3-4-8-16(14)18(19)20;11-9-5-6-10(12)8-4-2-1-3-7(8)9;9-7(10)5-3-1-2-4-6(5)8(11)12/h1-10H;1-6H;1-4,9-10H. The number of halogens is 3. The van der Waals surface area contributed by atoms with Crippen molar-refractivity contribution in [1.29, 1.82) is 0 Å². The molecule has 12 heteroatoms. The summed E-state index contributed by atoms with van der Waals surface area (Å²) in [5.74, 6) is 0. The normalized spacial score (nSPS) is 10.3. The Labute approximate surface area is 277 Å². The molecule has 0 saturated heterocycles. The van der Waals surface area contributed by atoms with Crippen LogP contribution in [0.25, 0.3) is 32.7 Å². The monoisotopic (exact) mass is 778 g/mol. The van der Waals surface area contributed by atoms with E-state index in [9.17, 15) is 20.2 Å². The first kappa shape index (κ1) is 33.0. The summed E-state index contributed by atoms with van der Waals surface area (Å²) in [5.41, 5.74) is 1.26. The number of nitrogens with zero attached hydrogens (tertiary/aromatic N) is 2. The van der Waals surface area contributed by atoms with Crippen LogP contribution in [-0.2, 0) is 0 Å². The molecule has 0 aliphatic carbocycles. The molecule has 0 radical (unpaired) electrons. The van der Waals surface area contributed by atoms with Gasteiger partial charge in [0.1, 0.15) is 0 Å². The van der Waals surface area contributed by atoms with Crippen LogP contribution in [0.3, 0.4) is 0 Å². The molecule has 2 N–H and O–H groups in total. The van der Waals surface area contributed by atoms with Crippen molar-refractivity contribution in [2.75, 3.05) is 0 Å². The second-order valence-electron chi connectivity index (χ2n) is 9.18. The quantitative estimate of drug-likeness (QED) is 0.105. The van der Waals surface area contributed by atoms with Gasteiger partial charge in [-0.15, -0.1) is 0 Å². The van der Waals surface area contributed by atoms with Crippen LogP contribution in [0, 0.1) is 20.2 Å². The molecule has 6 aromatic rings. The number of para-hydroxylation sites is 2. The van der Waals surface area contributed by atoms with E-state index in [1.165, 1.54) is 41.1 Å². The molecule has 0 spiro atoms. The minimum absolute atomic E-state index is 0.0949. The summed E-state index contributed by atoms with van der Waals surface area (Å²) < 4.78 is 3.26. The first-order valence-electron chi connectivity index (χ1n) is 12.9. The van der Waals surface area contributed by atoms with Gasteiger partial charge in [0.25, 0.3) is 11.4 Å². The van der Waals surface area contributed by atoms with E-state index in [0.717, 1.165) is 29.8 Å². The summed E-state index contributed by atoms with van der Waals surface area (Å²) in [7, 11) is -1.80. The number of hydrogen-bond acceptors (Lipinski definition) is 6. The molecule has 0 atom stereocenters. The molecule has 0 unspecified atom stereocenters.